The molecule has 0 spiro atoms. The number of carbonyl (C=O) groups is 6. The lowest BCUT2D eigenvalue weighted by Crippen LogP contribution is -2.57. The van der Waals surface area contributed by atoms with Crippen molar-refractivity contribution >= 4 is 35.6 Å². The Morgan fingerprint density at radius 3 is 2.11 bits per heavy atom. The van der Waals surface area contributed by atoms with E-state index in [1.54, 1.807) is 0 Å². The van der Waals surface area contributed by atoms with Gasteiger partial charge in [-0.15, -0.1) is 0 Å². The van der Waals surface area contributed by atoms with Crippen LogP contribution in [0.25, 0.3) is 0 Å². The fourth-order valence-electron chi connectivity index (χ4n) is 2.53. The molecule has 3 atom stereocenters. The van der Waals surface area contributed by atoms with Crippen molar-refractivity contribution in [1.29, 1.82) is 0 Å². The van der Waals surface area contributed by atoms with E-state index in [9.17, 15) is 28.8 Å². The second-order valence-corrected chi connectivity index (χ2v) is 6.15. The molecule has 0 saturated carbocycles. The minimum atomic E-state index is -1.53. The Morgan fingerprint density at radius 1 is 0.964 bits per heavy atom. The fraction of sp³-hybridized carbons (Fsp3) is 0.600. The summed E-state index contributed by atoms with van der Waals surface area (Å²) in [5, 5.41) is 26.9. The van der Waals surface area contributed by atoms with Gasteiger partial charge in [0.1, 0.15) is 18.6 Å². The van der Waals surface area contributed by atoms with E-state index in [0.29, 0.717) is 13.0 Å². The molecule has 0 aromatic rings. The first-order valence-corrected chi connectivity index (χ1v) is 8.44. The van der Waals surface area contributed by atoms with Gasteiger partial charge in [0, 0.05) is 0 Å². The molecule has 13 nitrogen and oxygen atoms in total. The van der Waals surface area contributed by atoms with Crippen LogP contribution >= 0.6 is 0 Å². The highest BCUT2D eigenvalue weighted by molar-refractivity contribution is 5.96. The van der Waals surface area contributed by atoms with Crippen LogP contribution in [0.1, 0.15) is 25.7 Å². The quantitative estimate of drug-likeness (QED) is 0.181. The number of hydrogen-bond donors (Lipinski definition) is 7. The van der Waals surface area contributed by atoms with E-state index in [0.717, 1.165) is 6.42 Å². The molecule has 156 valence electrons. The highest BCUT2D eigenvalue weighted by Crippen LogP contribution is 2.06. The summed E-state index contributed by atoms with van der Waals surface area (Å²) < 4.78 is 0. The van der Waals surface area contributed by atoms with Gasteiger partial charge in [-0.05, 0) is 19.4 Å². The van der Waals surface area contributed by atoms with Gasteiger partial charge in [0.05, 0.1) is 18.9 Å². The molecule has 0 aromatic carbocycles. The van der Waals surface area contributed by atoms with Crippen LogP contribution in [0, 0.1) is 0 Å². The molecule has 1 rings (SSSR count). The predicted octanol–water partition coefficient (Wildman–Crippen LogP) is -3.74. The zero-order chi connectivity index (χ0) is 21.3. The van der Waals surface area contributed by atoms with E-state index in [1.807, 2.05) is 5.32 Å². The van der Waals surface area contributed by atoms with Crippen molar-refractivity contribution in [2.24, 2.45) is 5.73 Å². The molecule has 1 saturated heterocycles. The first kappa shape index (κ1) is 22.8. The molecule has 0 aromatic heterocycles. The van der Waals surface area contributed by atoms with Crippen molar-refractivity contribution < 1.29 is 39.0 Å². The largest absolute Gasteiger partial charge is 0.481 e. The molecule has 13 heteroatoms. The number of nitrogens with two attached hydrogens (primary N) is 1. The van der Waals surface area contributed by atoms with Gasteiger partial charge in [-0.25, -0.2) is 0 Å². The van der Waals surface area contributed by atoms with Crippen molar-refractivity contribution in [1.82, 2.24) is 21.3 Å². The second-order valence-electron chi connectivity index (χ2n) is 6.15. The third-order valence-corrected chi connectivity index (χ3v) is 3.84. The molecule has 0 bridgehead atoms. The first-order chi connectivity index (χ1) is 13.1. The Morgan fingerprint density at radius 2 is 1.61 bits per heavy atom. The molecule has 1 aliphatic rings. The van der Waals surface area contributed by atoms with E-state index in [2.05, 4.69) is 16.0 Å². The zero-order valence-electron chi connectivity index (χ0n) is 14.9. The predicted molar refractivity (Wildman–Crippen MR) is 91.6 cm³/mol. The molecule has 0 radical (unpaired) electrons. The van der Waals surface area contributed by atoms with Gasteiger partial charge in [0.15, 0.2) is 0 Å². The van der Waals surface area contributed by atoms with Gasteiger partial charge in [0.25, 0.3) is 0 Å². The Kier molecular flexibility index (Phi) is 8.81. The summed E-state index contributed by atoms with van der Waals surface area (Å²) in [6, 6.07) is -3.60. The van der Waals surface area contributed by atoms with E-state index in [1.165, 1.54) is 0 Å². The third kappa shape index (κ3) is 7.99. The number of amides is 4. The molecule has 1 heterocycles. The standard InChI is InChI=1S/C15H23N5O8/c16-10(21)4-8(13(26)18-6-12(24)25)19-15(28)9(5-11(22)23)20-14(27)7-2-1-3-17-7/h7-9,17H,1-6H2,(H2,16,21)(H,18,26)(H,19,28)(H,20,27)(H,22,23)(H,24,25)/t7-,8-,9-/m0/s1. The highest BCUT2D eigenvalue weighted by atomic mass is 16.4. The lowest BCUT2D eigenvalue weighted by Gasteiger charge is -2.22. The highest BCUT2D eigenvalue weighted by Gasteiger charge is 2.31. The number of carboxylic acid groups (broad SMARTS) is 2. The van der Waals surface area contributed by atoms with Gasteiger partial charge < -0.3 is 37.2 Å². The van der Waals surface area contributed by atoms with Gasteiger partial charge in [-0.3, -0.25) is 28.8 Å². The monoisotopic (exact) mass is 401 g/mol. The summed E-state index contributed by atoms with van der Waals surface area (Å²) in [6.45, 7) is -0.148. The number of primary amides is 1. The molecule has 0 aliphatic carbocycles. The molecule has 8 N–H and O–H groups in total. The lowest BCUT2D eigenvalue weighted by molar-refractivity contribution is -0.142. The molecule has 1 fully saturated rings. The Hall–Kier alpha value is -3.22. The minimum Gasteiger partial charge on any atom is -0.481 e. The smallest absolute Gasteiger partial charge is 0.322 e. The van der Waals surface area contributed by atoms with Crippen molar-refractivity contribution in [2.75, 3.05) is 13.1 Å². The van der Waals surface area contributed by atoms with Crippen molar-refractivity contribution in [2.45, 2.75) is 43.8 Å². The number of nitrogens with one attached hydrogen (secondary N) is 4. The van der Waals surface area contributed by atoms with Crippen LogP contribution in [0.4, 0.5) is 0 Å². The van der Waals surface area contributed by atoms with E-state index in [4.69, 9.17) is 15.9 Å². The topological polar surface area (TPSA) is 217 Å². The minimum absolute atomic E-state index is 0.523. The van der Waals surface area contributed by atoms with Gasteiger partial charge in [-0.1, -0.05) is 0 Å². The molecule has 0 unspecified atom stereocenters. The summed E-state index contributed by atoms with van der Waals surface area (Å²) in [4.78, 5) is 69.2. The maximum Gasteiger partial charge on any atom is 0.322 e. The maximum absolute atomic E-state index is 12.4. The van der Waals surface area contributed by atoms with E-state index in [-0.39, 0.29) is 0 Å². The van der Waals surface area contributed by atoms with E-state index >= 15 is 0 Å². The molecular weight excluding hydrogens is 378 g/mol. The molecular formula is C15H23N5O8. The van der Waals surface area contributed by atoms with Crippen molar-refractivity contribution in [3.63, 3.8) is 0 Å². The molecule has 4 amide bonds. The van der Waals surface area contributed by atoms with E-state index < -0.39 is 73.1 Å². The van der Waals surface area contributed by atoms with Crippen LogP contribution in [0.3, 0.4) is 0 Å². The summed E-state index contributed by atoms with van der Waals surface area (Å²) in [5.41, 5.74) is 5.02. The van der Waals surface area contributed by atoms with Crippen molar-refractivity contribution in [3.8, 4) is 0 Å². The maximum atomic E-state index is 12.4. The fourth-order valence-corrected chi connectivity index (χ4v) is 2.53. The number of carbonyl (C=O) groups excluding carboxylic acids is 4. The van der Waals surface area contributed by atoms with Crippen LogP contribution in [0.2, 0.25) is 0 Å². The van der Waals surface area contributed by atoms with Crippen molar-refractivity contribution in [3.05, 3.63) is 0 Å². The third-order valence-electron chi connectivity index (χ3n) is 3.84. The van der Waals surface area contributed by atoms with Crippen LogP contribution in [0.15, 0.2) is 0 Å². The van der Waals surface area contributed by atoms with Gasteiger partial charge >= 0.3 is 11.9 Å². The average molecular weight is 401 g/mol. The van der Waals surface area contributed by atoms with Gasteiger partial charge in [-0.2, -0.15) is 0 Å². The molecule has 28 heavy (non-hydrogen) atoms. The van der Waals surface area contributed by atoms with Crippen LogP contribution in [-0.2, 0) is 28.8 Å². The average Bonchev–Trinajstić information content (AvgIpc) is 3.12. The second kappa shape index (κ2) is 10.8. The Balaban J connectivity index is 2.82. The SMILES string of the molecule is NC(=O)C[C@H](NC(=O)[C@H](CC(=O)O)NC(=O)[C@@H]1CCCN1)C(=O)NCC(=O)O. The van der Waals surface area contributed by atoms with Crippen LogP contribution < -0.4 is 27.0 Å². The first-order valence-electron chi connectivity index (χ1n) is 8.44. The number of hydrogen-bond acceptors (Lipinski definition) is 7. The normalized spacial score (nSPS) is 17.8. The Bertz CT molecular complexity index is 646. The van der Waals surface area contributed by atoms with Crippen LogP contribution in [-0.4, -0.2) is 77.0 Å². The van der Waals surface area contributed by atoms with Crippen LogP contribution in [0.5, 0.6) is 0 Å². The molecule has 1 aliphatic heterocycles. The number of aliphatic carboxylic acids is 2. The summed E-state index contributed by atoms with van der Waals surface area (Å²) in [5.74, 6) is -6.26. The summed E-state index contributed by atoms with van der Waals surface area (Å²) in [7, 11) is 0. The lowest BCUT2D eigenvalue weighted by atomic mass is 10.1. The number of rotatable bonds is 11. The summed E-state index contributed by atoms with van der Waals surface area (Å²) in [6.07, 6.45) is -0.132. The number of carboxylic acids is 2. The summed E-state index contributed by atoms with van der Waals surface area (Å²) >= 11 is 0. The van der Waals surface area contributed by atoms with Gasteiger partial charge in [0.2, 0.25) is 23.6 Å². The Labute approximate surface area is 159 Å². The zero-order valence-corrected chi connectivity index (χ0v) is 14.9.